The molecule has 3 spiro atoms. The highest BCUT2D eigenvalue weighted by Crippen LogP contribution is 2.89. The number of rotatable bonds is 3. The lowest BCUT2D eigenvalue weighted by molar-refractivity contribution is -0.346. The molecule has 0 bridgehead atoms. The first kappa shape index (κ1) is 33.0. The molecule has 4 aliphatic heterocycles. The number of carbonyl (C=O) groups excluding carboxylic acids is 1. The maximum Gasteiger partial charge on any atom is 0.302 e. The smallest absolute Gasteiger partial charge is 0.302 e. The molecule has 4 saturated heterocycles. The minimum absolute atomic E-state index is 0.0420. The maximum atomic E-state index is 12.9. The minimum atomic E-state index is -1.31. The molecule has 5 aliphatic carbocycles. The summed E-state index contributed by atoms with van der Waals surface area (Å²) in [6.45, 7) is 15.1. The molecule has 11 heteroatoms. The molecule has 9 fully saturated rings. The third-order valence-corrected chi connectivity index (χ3v) is 16.8. The van der Waals surface area contributed by atoms with Crippen LogP contribution >= 0.6 is 0 Å². The summed E-state index contributed by atoms with van der Waals surface area (Å²) < 4.78 is 37.9. The number of aliphatic hydroxyl groups excluding tert-OH is 4. The molecule has 48 heavy (non-hydrogen) atoms. The van der Waals surface area contributed by atoms with Crippen LogP contribution in [0.15, 0.2) is 0 Å². The van der Waals surface area contributed by atoms with Gasteiger partial charge in [-0.05, 0) is 97.2 Å². The second-order valence-corrected chi connectivity index (χ2v) is 18.9. The Morgan fingerprint density at radius 3 is 2.23 bits per heavy atom. The molecule has 19 atom stereocenters. The predicted octanol–water partition coefficient (Wildman–Crippen LogP) is 3.03. The molecule has 0 amide bonds. The molecule has 0 radical (unpaired) electrons. The molecular weight excluding hydrogens is 620 g/mol. The maximum absolute atomic E-state index is 12.9. The van der Waals surface area contributed by atoms with Crippen LogP contribution in [0.5, 0.6) is 0 Å². The van der Waals surface area contributed by atoms with Gasteiger partial charge in [0.15, 0.2) is 12.6 Å². The Bertz CT molecular complexity index is 1390. The fraction of sp³-hybridized carbons (Fsp3) is 0.973. The topological polar surface area (TPSA) is 157 Å². The van der Waals surface area contributed by atoms with Gasteiger partial charge in [-0.3, -0.25) is 4.79 Å². The van der Waals surface area contributed by atoms with Crippen LogP contribution in [0, 0.1) is 50.7 Å². The molecule has 0 aromatic carbocycles. The lowest BCUT2D eigenvalue weighted by Crippen LogP contribution is -2.64. The van der Waals surface area contributed by atoms with E-state index in [4.69, 9.17) is 28.4 Å². The number of ether oxygens (including phenoxy) is 6. The second-order valence-electron chi connectivity index (χ2n) is 18.9. The Labute approximate surface area is 283 Å². The fourth-order valence-electron chi connectivity index (χ4n) is 14.6. The number of hydrogen-bond acceptors (Lipinski definition) is 11. The van der Waals surface area contributed by atoms with E-state index in [1.165, 1.54) is 0 Å². The first-order chi connectivity index (χ1) is 22.4. The van der Waals surface area contributed by atoms with Gasteiger partial charge >= 0.3 is 5.97 Å². The number of aliphatic hydroxyl groups is 4. The number of fused-ring (bicyclic) bond motifs is 6. The van der Waals surface area contributed by atoms with E-state index in [-0.39, 0.29) is 75.9 Å². The zero-order chi connectivity index (χ0) is 34.2. The van der Waals surface area contributed by atoms with Crippen LogP contribution in [0.3, 0.4) is 0 Å². The molecule has 5 saturated carbocycles. The Morgan fingerprint density at radius 1 is 0.833 bits per heavy atom. The molecule has 0 aromatic heterocycles. The van der Waals surface area contributed by atoms with Crippen molar-refractivity contribution in [1.29, 1.82) is 0 Å². The monoisotopic (exact) mass is 676 g/mol. The van der Waals surface area contributed by atoms with Gasteiger partial charge in [-0.1, -0.05) is 34.6 Å². The van der Waals surface area contributed by atoms with E-state index < -0.39 is 42.3 Å². The van der Waals surface area contributed by atoms with Gasteiger partial charge in [0.25, 0.3) is 0 Å². The van der Waals surface area contributed by atoms with Crippen molar-refractivity contribution in [2.24, 2.45) is 50.7 Å². The van der Waals surface area contributed by atoms with Crippen molar-refractivity contribution in [2.45, 2.75) is 167 Å². The van der Waals surface area contributed by atoms with E-state index in [9.17, 15) is 25.2 Å². The van der Waals surface area contributed by atoms with Crippen molar-refractivity contribution in [1.82, 2.24) is 0 Å². The summed E-state index contributed by atoms with van der Waals surface area (Å²) in [6.07, 6.45) is 0.880. The highest BCUT2D eigenvalue weighted by atomic mass is 16.8. The summed E-state index contributed by atoms with van der Waals surface area (Å²) >= 11 is 0. The van der Waals surface area contributed by atoms with E-state index in [0.29, 0.717) is 18.3 Å². The third kappa shape index (κ3) is 3.74. The van der Waals surface area contributed by atoms with Crippen LogP contribution in [0.25, 0.3) is 0 Å². The van der Waals surface area contributed by atoms with Crippen LogP contribution in [0.2, 0.25) is 0 Å². The summed E-state index contributed by atoms with van der Waals surface area (Å²) in [7, 11) is 0. The van der Waals surface area contributed by atoms with Crippen LogP contribution in [-0.4, -0.2) is 99.7 Å². The van der Waals surface area contributed by atoms with Gasteiger partial charge in [-0.2, -0.15) is 0 Å². The summed E-state index contributed by atoms with van der Waals surface area (Å²) in [5, 5.41) is 41.7. The fourth-order valence-corrected chi connectivity index (χ4v) is 14.6. The molecule has 270 valence electrons. The molecular formula is C37H56O11. The predicted molar refractivity (Wildman–Crippen MR) is 168 cm³/mol. The second kappa shape index (κ2) is 9.75. The van der Waals surface area contributed by atoms with Crippen LogP contribution in [-0.2, 0) is 33.2 Å². The third-order valence-electron chi connectivity index (χ3n) is 16.8. The zero-order valence-electron chi connectivity index (χ0n) is 29.5. The normalized spacial score (nSPS) is 63.3. The van der Waals surface area contributed by atoms with Gasteiger partial charge in [0.2, 0.25) is 5.79 Å². The Morgan fingerprint density at radius 2 is 1.56 bits per heavy atom. The number of esters is 1. The quantitative estimate of drug-likeness (QED) is 0.198. The van der Waals surface area contributed by atoms with Crippen molar-refractivity contribution < 1.29 is 53.6 Å². The molecule has 4 N–H and O–H groups in total. The zero-order valence-corrected chi connectivity index (χ0v) is 29.5. The molecule has 9 rings (SSSR count). The molecule has 9 aliphatic rings. The first-order valence-corrected chi connectivity index (χ1v) is 18.6. The lowest BCUT2D eigenvalue weighted by Gasteiger charge is -2.65. The van der Waals surface area contributed by atoms with Gasteiger partial charge in [-0.25, -0.2) is 0 Å². The van der Waals surface area contributed by atoms with Crippen LogP contribution in [0.4, 0.5) is 0 Å². The minimum Gasteiger partial charge on any atom is -0.462 e. The summed E-state index contributed by atoms with van der Waals surface area (Å²) in [5.41, 5.74) is -1.23. The Balaban J connectivity index is 1.03. The van der Waals surface area contributed by atoms with Gasteiger partial charge in [0.1, 0.15) is 36.1 Å². The van der Waals surface area contributed by atoms with Crippen LogP contribution < -0.4 is 0 Å². The van der Waals surface area contributed by atoms with E-state index in [2.05, 4.69) is 34.6 Å². The van der Waals surface area contributed by atoms with E-state index >= 15 is 0 Å². The Kier molecular flexibility index (Phi) is 6.70. The number of hydrogen-bond donors (Lipinski definition) is 4. The summed E-state index contributed by atoms with van der Waals surface area (Å²) in [6, 6.07) is 0. The van der Waals surface area contributed by atoms with Crippen molar-refractivity contribution in [2.75, 3.05) is 6.61 Å². The van der Waals surface area contributed by atoms with E-state index in [1.807, 2.05) is 6.92 Å². The van der Waals surface area contributed by atoms with Crippen molar-refractivity contribution in [3.05, 3.63) is 0 Å². The average molecular weight is 677 g/mol. The molecule has 11 nitrogen and oxygen atoms in total. The van der Waals surface area contributed by atoms with E-state index in [1.54, 1.807) is 6.92 Å². The van der Waals surface area contributed by atoms with Gasteiger partial charge in [-0.15, -0.1) is 0 Å². The molecule has 0 aromatic rings. The van der Waals surface area contributed by atoms with Crippen molar-refractivity contribution in [3.8, 4) is 0 Å². The SMILES string of the molecule is CC(=O)O[C@@H]1C[C@@]23C[C@@]24CC[C@H](O[C@@H]2OC[C@@H](O)[C@H](O)[C@H]2O)C(C)(C)[C@@H]4CC[C@H]3[C@]2(C)CC3OC4(C[C@@H](C)[C@@H]3[C@@]12C)O[C@@H](O)C1(C)OC41. The van der Waals surface area contributed by atoms with Gasteiger partial charge in [0, 0.05) is 18.8 Å². The van der Waals surface area contributed by atoms with Crippen LogP contribution in [0.1, 0.15) is 99.8 Å². The molecule has 4 heterocycles. The Hall–Kier alpha value is -0.890. The van der Waals surface area contributed by atoms with Crippen molar-refractivity contribution >= 4 is 5.97 Å². The summed E-state index contributed by atoms with van der Waals surface area (Å²) in [5.74, 6) is 0.0295. The van der Waals surface area contributed by atoms with Crippen molar-refractivity contribution in [3.63, 3.8) is 0 Å². The lowest BCUT2D eigenvalue weighted by atomic mass is 9.41. The van der Waals surface area contributed by atoms with Gasteiger partial charge < -0.3 is 48.8 Å². The highest BCUT2D eigenvalue weighted by molar-refractivity contribution is 5.66. The highest BCUT2D eigenvalue weighted by Gasteiger charge is 2.87. The number of carbonyl (C=O) groups is 1. The number of epoxide rings is 1. The molecule has 4 unspecified atom stereocenters. The van der Waals surface area contributed by atoms with E-state index in [0.717, 1.165) is 44.9 Å². The van der Waals surface area contributed by atoms with Gasteiger partial charge in [0.05, 0.1) is 18.8 Å². The standard InChI is InChI=1S/C37H56O11/c1-17-12-37(29-34(7,47-29)30(42)48-37)46-20-13-32(5)22-9-8-21-31(3,4)23(45-28-27(41)26(40)19(39)15-43-28)10-11-35(21)16-36(22,35)14-24(44-18(2)38)33(32,6)25(17)20/h17,19-30,39-42H,8-16H2,1-7H3/t17-,19-,20?,21+,22+,23+,24-,25+,26+,27-,28+,29?,30-,32+,33-,34?,35-,36+,37?/m1/s1. The first-order valence-electron chi connectivity index (χ1n) is 18.6. The average Bonchev–Trinajstić information content (AvgIpc) is 3.84. The largest absolute Gasteiger partial charge is 0.462 e. The summed E-state index contributed by atoms with van der Waals surface area (Å²) in [4.78, 5) is 12.9.